The third-order valence-corrected chi connectivity index (χ3v) is 4.34. The Hall–Kier alpha value is -0.870. The molecule has 1 aromatic carbocycles. The van der Waals surface area contributed by atoms with E-state index in [1.54, 1.807) is 0 Å². The van der Waals surface area contributed by atoms with Gasteiger partial charge in [0.2, 0.25) is 0 Å². The second-order valence-corrected chi connectivity index (χ2v) is 5.85. The fraction of sp³-hybridized carbons (Fsp3) is 0.500. The quantitative estimate of drug-likeness (QED) is 0.931. The summed E-state index contributed by atoms with van der Waals surface area (Å²) in [6, 6.07) is 7.60. The van der Waals surface area contributed by atoms with Gasteiger partial charge in [0, 0.05) is 4.47 Å². The van der Waals surface area contributed by atoms with Crippen molar-refractivity contribution < 1.29 is 9.90 Å². The van der Waals surface area contributed by atoms with Crippen LogP contribution in [0.1, 0.15) is 31.7 Å². The highest BCUT2D eigenvalue weighted by Crippen LogP contribution is 2.32. The van der Waals surface area contributed by atoms with Crippen LogP contribution in [-0.4, -0.2) is 29.1 Å². The minimum absolute atomic E-state index is 0.772. The molecule has 4 heteroatoms. The maximum Gasteiger partial charge on any atom is 0.328 e. The molecule has 18 heavy (non-hydrogen) atoms. The maximum atomic E-state index is 11.8. The number of carboxylic acid groups (broad SMARTS) is 1. The summed E-state index contributed by atoms with van der Waals surface area (Å²) in [6.45, 7) is 3.53. The molecule has 1 aliphatic rings. The molecule has 1 fully saturated rings. The number of carboxylic acids is 1. The van der Waals surface area contributed by atoms with Crippen molar-refractivity contribution in [2.75, 3.05) is 13.1 Å². The standard InChI is InChI=1S/C14H18BrNO2/c1-14(13(17)18,16-9-3-2-4-10-16)11-5-7-12(15)8-6-11/h5-8H,2-4,9-10H2,1H3,(H,17,18)/t14-/m0/s1. The molecule has 0 spiro atoms. The van der Waals surface area contributed by atoms with Crippen LogP contribution in [0, 0.1) is 0 Å². The highest BCUT2D eigenvalue weighted by Gasteiger charge is 2.41. The largest absolute Gasteiger partial charge is 0.480 e. The van der Waals surface area contributed by atoms with Crippen molar-refractivity contribution in [1.29, 1.82) is 0 Å². The smallest absolute Gasteiger partial charge is 0.328 e. The highest BCUT2D eigenvalue weighted by atomic mass is 79.9. The molecule has 1 aromatic rings. The fourth-order valence-corrected chi connectivity index (χ4v) is 2.82. The van der Waals surface area contributed by atoms with E-state index in [9.17, 15) is 9.90 Å². The van der Waals surface area contributed by atoms with Crippen LogP contribution in [0.2, 0.25) is 0 Å². The average molecular weight is 312 g/mol. The van der Waals surface area contributed by atoms with Crippen molar-refractivity contribution in [2.24, 2.45) is 0 Å². The highest BCUT2D eigenvalue weighted by molar-refractivity contribution is 9.10. The maximum absolute atomic E-state index is 11.8. The van der Waals surface area contributed by atoms with Gasteiger partial charge in [-0.15, -0.1) is 0 Å². The number of benzene rings is 1. The molecular weight excluding hydrogens is 294 g/mol. The third kappa shape index (κ3) is 2.45. The lowest BCUT2D eigenvalue weighted by Crippen LogP contribution is -2.51. The van der Waals surface area contributed by atoms with Gasteiger partial charge in [-0.2, -0.15) is 0 Å². The van der Waals surface area contributed by atoms with Gasteiger partial charge < -0.3 is 5.11 Å². The van der Waals surface area contributed by atoms with Crippen LogP contribution in [-0.2, 0) is 10.3 Å². The van der Waals surface area contributed by atoms with E-state index in [-0.39, 0.29) is 0 Å². The van der Waals surface area contributed by atoms with Gasteiger partial charge in [0.15, 0.2) is 0 Å². The molecule has 1 N–H and O–H groups in total. The molecule has 0 amide bonds. The summed E-state index contributed by atoms with van der Waals surface area (Å²) < 4.78 is 0.970. The van der Waals surface area contributed by atoms with Gasteiger partial charge in [0.1, 0.15) is 5.54 Å². The van der Waals surface area contributed by atoms with Gasteiger partial charge in [0.05, 0.1) is 0 Å². The van der Waals surface area contributed by atoms with Crippen LogP contribution >= 0.6 is 15.9 Å². The van der Waals surface area contributed by atoms with Crippen LogP contribution in [0.15, 0.2) is 28.7 Å². The minimum atomic E-state index is -0.916. The number of aliphatic carboxylic acids is 1. The molecule has 2 rings (SSSR count). The summed E-state index contributed by atoms with van der Waals surface area (Å²) in [5.74, 6) is -0.772. The number of rotatable bonds is 3. The first-order chi connectivity index (χ1) is 8.55. The Labute approximate surface area is 116 Å². The molecular formula is C14H18BrNO2. The molecule has 0 unspecified atom stereocenters. The molecule has 0 aliphatic carbocycles. The van der Waals surface area contributed by atoms with E-state index < -0.39 is 11.5 Å². The van der Waals surface area contributed by atoms with Gasteiger partial charge >= 0.3 is 5.97 Å². The fourth-order valence-electron chi connectivity index (χ4n) is 2.56. The summed E-state index contributed by atoms with van der Waals surface area (Å²) in [6.07, 6.45) is 3.37. The van der Waals surface area contributed by atoms with E-state index in [2.05, 4.69) is 20.8 Å². The van der Waals surface area contributed by atoms with Crippen LogP contribution < -0.4 is 0 Å². The Morgan fingerprint density at radius 3 is 2.28 bits per heavy atom. The number of halogens is 1. The van der Waals surface area contributed by atoms with Crippen molar-refractivity contribution in [3.63, 3.8) is 0 Å². The monoisotopic (exact) mass is 311 g/mol. The van der Waals surface area contributed by atoms with E-state index in [0.717, 1.165) is 36.0 Å². The third-order valence-electron chi connectivity index (χ3n) is 3.81. The molecule has 1 atom stereocenters. The summed E-state index contributed by atoms with van der Waals surface area (Å²) in [5.41, 5.74) is -0.0682. The zero-order valence-electron chi connectivity index (χ0n) is 10.5. The predicted molar refractivity (Wildman–Crippen MR) is 74.6 cm³/mol. The molecule has 0 aromatic heterocycles. The molecule has 0 bridgehead atoms. The Morgan fingerprint density at radius 1 is 1.22 bits per heavy atom. The topological polar surface area (TPSA) is 40.5 Å². The van der Waals surface area contributed by atoms with E-state index in [1.165, 1.54) is 6.42 Å². The van der Waals surface area contributed by atoms with Crippen LogP contribution in [0.3, 0.4) is 0 Å². The van der Waals surface area contributed by atoms with Crippen LogP contribution in [0.5, 0.6) is 0 Å². The van der Waals surface area contributed by atoms with Crippen LogP contribution in [0.4, 0.5) is 0 Å². The lowest BCUT2D eigenvalue weighted by molar-refractivity contribution is -0.152. The lowest BCUT2D eigenvalue weighted by Gasteiger charge is -2.40. The Bertz CT molecular complexity index is 426. The zero-order valence-corrected chi connectivity index (χ0v) is 12.1. The number of carbonyl (C=O) groups is 1. The van der Waals surface area contributed by atoms with Crippen molar-refractivity contribution in [2.45, 2.75) is 31.7 Å². The minimum Gasteiger partial charge on any atom is -0.480 e. The van der Waals surface area contributed by atoms with Crippen molar-refractivity contribution >= 4 is 21.9 Å². The number of nitrogens with zero attached hydrogens (tertiary/aromatic N) is 1. The van der Waals surface area contributed by atoms with Gasteiger partial charge in [-0.1, -0.05) is 34.5 Å². The number of hydrogen-bond donors (Lipinski definition) is 1. The van der Waals surface area contributed by atoms with Gasteiger partial charge in [-0.25, -0.2) is 4.79 Å². The second kappa shape index (κ2) is 5.41. The molecule has 98 valence electrons. The van der Waals surface area contributed by atoms with E-state index in [1.807, 2.05) is 31.2 Å². The predicted octanol–water partition coefficient (Wildman–Crippen LogP) is 3.23. The lowest BCUT2D eigenvalue weighted by atomic mass is 9.88. The molecule has 3 nitrogen and oxygen atoms in total. The van der Waals surface area contributed by atoms with Gasteiger partial charge in [-0.3, -0.25) is 4.90 Å². The van der Waals surface area contributed by atoms with Crippen LogP contribution in [0.25, 0.3) is 0 Å². The van der Waals surface area contributed by atoms with Gasteiger partial charge in [-0.05, 0) is 50.6 Å². The van der Waals surface area contributed by atoms with Crippen molar-refractivity contribution in [3.8, 4) is 0 Å². The van der Waals surface area contributed by atoms with E-state index in [4.69, 9.17) is 0 Å². The van der Waals surface area contributed by atoms with E-state index >= 15 is 0 Å². The first-order valence-corrected chi connectivity index (χ1v) is 7.09. The summed E-state index contributed by atoms with van der Waals surface area (Å²) in [7, 11) is 0. The number of likely N-dealkylation sites (tertiary alicyclic amines) is 1. The first kappa shape index (κ1) is 13.6. The zero-order chi connectivity index (χ0) is 13.2. The molecule has 0 saturated carbocycles. The van der Waals surface area contributed by atoms with Crippen molar-refractivity contribution in [3.05, 3.63) is 34.3 Å². The summed E-state index contributed by atoms with van der Waals surface area (Å²) in [5, 5.41) is 9.65. The molecule has 1 heterocycles. The average Bonchev–Trinajstić information content (AvgIpc) is 2.39. The molecule has 0 radical (unpaired) electrons. The summed E-state index contributed by atoms with van der Waals surface area (Å²) >= 11 is 3.38. The van der Waals surface area contributed by atoms with Crippen molar-refractivity contribution in [1.82, 2.24) is 4.90 Å². The Kier molecular flexibility index (Phi) is 4.07. The SMILES string of the molecule is C[C@@](C(=O)O)(c1ccc(Br)cc1)N1CCCCC1. The molecule has 1 saturated heterocycles. The second-order valence-electron chi connectivity index (χ2n) is 4.93. The van der Waals surface area contributed by atoms with Gasteiger partial charge in [0.25, 0.3) is 0 Å². The Morgan fingerprint density at radius 2 is 1.78 bits per heavy atom. The van der Waals surface area contributed by atoms with E-state index in [0.29, 0.717) is 0 Å². The number of hydrogen-bond acceptors (Lipinski definition) is 2. The normalized spacial score (nSPS) is 20.3. The first-order valence-electron chi connectivity index (χ1n) is 6.29. The Balaban J connectivity index is 2.36. The number of piperidine rings is 1. The summed E-state index contributed by atoms with van der Waals surface area (Å²) in [4.78, 5) is 13.8. The molecule has 1 aliphatic heterocycles.